The van der Waals surface area contributed by atoms with Gasteiger partial charge in [-0.2, -0.15) is 0 Å². The third kappa shape index (κ3) is 4.11. The van der Waals surface area contributed by atoms with Gasteiger partial charge < -0.3 is 11.1 Å². The minimum Gasteiger partial charge on any atom is -0.388 e. The van der Waals surface area contributed by atoms with Crippen molar-refractivity contribution in [3.63, 3.8) is 0 Å². The van der Waals surface area contributed by atoms with Gasteiger partial charge in [-0.05, 0) is 32.9 Å². The van der Waals surface area contributed by atoms with Crippen LogP contribution in [-0.4, -0.2) is 45.5 Å². The Bertz CT molecular complexity index is 414. The Morgan fingerprint density at radius 2 is 2.11 bits per heavy atom. The van der Waals surface area contributed by atoms with Crippen LogP contribution in [0, 0.1) is 0 Å². The zero-order chi connectivity index (χ0) is 13.7. The van der Waals surface area contributed by atoms with Crippen molar-refractivity contribution in [1.82, 2.24) is 14.9 Å². The minimum atomic E-state index is 0.278. The smallest absolute Gasteiger partial charge is 0.144 e. The number of nitrogens with one attached hydrogen (secondary N) is 1. The molecule has 0 amide bonds. The molecule has 1 fully saturated rings. The maximum absolute atomic E-state index is 5.49. The monoisotopic (exact) mass is 279 g/mol. The summed E-state index contributed by atoms with van der Waals surface area (Å²) in [6, 6.07) is 0.511. The fourth-order valence-corrected chi connectivity index (χ4v) is 2.39. The zero-order valence-electron chi connectivity index (χ0n) is 11.3. The first-order chi connectivity index (χ1) is 9.16. The van der Waals surface area contributed by atoms with Gasteiger partial charge >= 0.3 is 0 Å². The lowest BCUT2D eigenvalue weighted by Gasteiger charge is -2.32. The van der Waals surface area contributed by atoms with Gasteiger partial charge in [0.2, 0.25) is 0 Å². The zero-order valence-corrected chi connectivity index (χ0v) is 12.1. The highest BCUT2D eigenvalue weighted by Gasteiger charge is 2.16. The number of aromatic nitrogens is 2. The van der Waals surface area contributed by atoms with E-state index in [0.717, 1.165) is 12.4 Å². The first-order valence-electron chi connectivity index (χ1n) is 6.76. The number of anilines is 1. The van der Waals surface area contributed by atoms with Crippen molar-refractivity contribution in [3.8, 4) is 0 Å². The molecule has 0 aliphatic carbocycles. The van der Waals surface area contributed by atoms with Crippen LogP contribution < -0.4 is 11.1 Å². The molecule has 0 spiro atoms. The average molecular weight is 279 g/mol. The first kappa shape index (κ1) is 14.1. The molecule has 1 aliphatic rings. The molecular formula is C13H21N5S. The second-order valence-corrected chi connectivity index (χ2v) is 5.42. The number of nitrogens with zero attached hydrogens (tertiary/aromatic N) is 3. The number of likely N-dealkylation sites (tertiary alicyclic amines) is 1. The van der Waals surface area contributed by atoms with Crippen molar-refractivity contribution in [2.45, 2.75) is 32.2 Å². The van der Waals surface area contributed by atoms with E-state index in [1.807, 2.05) is 0 Å². The van der Waals surface area contributed by atoms with Crippen LogP contribution in [0.5, 0.6) is 0 Å². The summed E-state index contributed by atoms with van der Waals surface area (Å²) in [4.78, 5) is 11.2. The Labute approximate surface area is 119 Å². The van der Waals surface area contributed by atoms with Gasteiger partial charge in [0.1, 0.15) is 16.5 Å². The Kier molecular flexibility index (Phi) is 5.04. The number of piperidine rings is 1. The van der Waals surface area contributed by atoms with Crippen molar-refractivity contribution in [3.05, 3.63) is 18.1 Å². The molecule has 1 aromatic rings. The van der Waals surface area contributed by atoms with E-state index >= 15 is 0 Å². The highest BCUT2D eigenvalue weighted by molar-refractivity contribution is 7.80. The van der Waals surface area contributed by atoms with E-state index in [9.17, 15) is 0 Å². The van der Waals surface area contributed by atoms with Crippen LogP contribution in [-0.2, 0) is 0 Å². The molecule has 6 heteroatoms. The molecule has 0 saturated carbocycles. The molecular weight excluding hydrogens is 258 g/mol. The molecule has 104 valence electrons. The molecule has 19 heavy (non-hydrogen) atoms. The van der Waals surface area contributed by atoms with Crippen LogP contribution in [0.4, 0.5) is 5.82 Å². The lowest BCUT2D eigenvalue weighted by molar-refractivity contribution is 0.180. The van der Waals surface area contributed by atoms with Gasteiger partial charge in [0.15, 0.2) is 0 Å². The molecule has 1 atom stereocenters. The van der Waals surface area contributed by atoms with E-state index in [-0.39, 0.29) is 4.99 Å². The third-order valence-corrected chi connectivity index (χ3v) is 3.71. The number of rotatable bonds is 5. The number of thiocarbonyl (C=S) groups is 1. The van der Waals surface area contributed by atoms with Gasteiger partial charge in [-0.3, -0.25) is 4.90 Å². The van der Waals surface area contributed by atoms with Crippen molar-refractivity contribution < 1.29 is 0 Å². The maximum atomic E-state index is 5.49. The van der Waals surface area contributed by atoms with Gasteiger partial charge in [0, 0.05) is 12.6 Å². The second-order valence-electron chi connectivity index (χ2n) is 4.98. The molecule has 1 aromatic heterocycles. The van der Waals surface area contributed by atoms with Crippen LogP contribution >= 0.6 is 12.2 Å². The van der Waals surface area contributed by atoms with Gasteiger partial charge in [-0.25, -0.2) is 9.97 Å². The van der Waals surface area contributed by atoms with Crippen LogP contribution in [0.2, 0.25) is 0 Å². The fraction of sp³-hybridized carbons (Fsp3) is 0.615. The molecule has 1 aliphatic heterocycles. The summed E-state index contributed by atoms with van der Waals surface area (Å²) in [5.41, 5.74) is 6.05. The standard InChI is InChI=1S/C13H21N5S/c1-10(18-5-3-2-4-6-18)7-16-12-9-15-11(8-17-12)13(14)19/h8-10H,2-7H2,1H3,(H2,14,19)(H,16,17). The van der Waals surface area contributed by atoms with Crippen LogP contribution in [0.1, 0.15) is 31.9 Å². The largest absolute Gasteiger partial charge is 0.388 e. The number of nitrogens with two attached hydrogens (primary N) is 1. The lowest BCUT2D eigenvalue weighted by atomic mass is 10.1. The quantitative estimate of drug-likeness (QED) is 0.794. The summed E-state index contributed by atoms with van der Waals surface area (Å²) >= 11 is 4.85. The number of hydrogen-bond acceptors (Lipinski definition) is 5. The molecule has 0 bridgehead atoms. The Hall–Kier alpha value is -1.27. The van der Waals surface area contributed by atoms with E-state index in [2.05, 4.69) is 27.1 Å². The predicted molar refractivity (Wildman–Crippen MR) is 81.3 cm³/mol. The SMILES string of the molecule is CC(CNc1cnc(C(N)=S)cn1)N1CCCCC1. The topological polar surface area (TPSA) is 67.1 Å². The summed E-state index contributed by atoms with van der Waals surface area (Å²) in [5, 5.41) is 3.31. The van der Waals surface area contributed by atoms with Crippen molar-refractivity contribution in [2.75, 3.05) is 25.0 Å². The van der Waals surface area contributed by atoms with E-state index in [1.54, 1.807) is 12.4 Å². The summed E-state index contributed by atoms with van der Waals surface area (Å²) in [6.07, 6.45) is 7.27. The Morgan fingerprint density at radius 1 is 1.37 bits per heavy atom. The van der Waals surface area contributed by atoms with Gasteiger partial charge in [-0.15, -0.1) is 0 Å². The summed E-state index contributed by atoms with van der Waals surface area (Å²) in [7, 11) is 0. The second kappa shape index (κ2) is 6.77. The van der Waals surface area contributed by atoms with E-state index in [1.165, 1.54) is 32.4 Å². The van der Waals surface area contributed by atoms with Crippen molar-refractivity contribution >= 4 is 23.0 Å². The van der Waals surface area contributed by atoms with Gasteiger partial charge in [0.25, 0.3) is 0 Å². The maximum Gasteiger partial charge on any atom is 0.144 e. The molecule has 0 radical (unpaired) electrons. The van der Waals surface area contributed by atoms with Crippen LogP contribution in [0.25, 0.3) is 0 Å². The molecule has 0 aromatic carbocycles. The fourth-order valence-electron chi connectivity index (χ4n) is 2.29. The highest BCUT2D eigenvalue weighted by Crippen LogP contribution is 2.12. The van der Waals surface area contributed by atoms with Crippen LogP contribution in [0.3, 0.4) is 0 Å². The summed E-state index contributed by atoms with van der Waals surface area (Å²) in [5.74, 6) is 0.767. The predicted octanol–water partition coefficient (Wildman–Crippen LogP) is 1.40. The third-order valence-electron chi connectivity index (χ3n) is 3.50. The van der Waals surface area contributed by atoms with Crippen molar-refractivity contribution in [2.24, 2.45) is 5.73 Å². The molecule has 3 N–H and O–H groups in total. The molecule has 2 rings (SSSR count). The van der Waals surface area contributed by atoms with E-state index in [0.29, 0.717) is 11.7 Å². The average Bonchev–Trinajstić information content (AvgIpc) is 2.46. The lowest BCUT2D eigenvalue weighted by Crippen LogP contribution is -2.41. The normalized spacial score (nSPS) is 17.9. The van der Waals surface area contributed by atoms with Gasteiger partial charge in [-0.1, -0.05) is 18.6 Å². The van der Waals surface area contributed by atoms with Crippen molar-refractivity contribution in [1.29, 1.82) is 0 Å². The highest BCUT2D eigenvalue weighted by atomic mass is 32.1. The molecule has 1 saturated heterocycles. The Balaban J connectivity index is 1.82. The van der Waals surface area contributed by atoms with Gasteiger partial charge in [0.05, 0.1) is 12.4 Å². The molecule has 2 heterocycles. The van der Waals surface area contributed by atoms with E-state index < -0.39 is 0 Å². The van der Waals surface area contributed by atoms with E-state index in [4.69, 9.17) is 18.0 Å². The first-order valence-corrected chi connectivity index (χ1v) is 7.17. The molecule has 5 nitrogen and oxygen atoms in total. The minimum absolute atomic E-state index is 0.278. The Morgan fingerprint density at radius 3 is 2.68 bits per heavy atom. The molecule has 1 unspecified atom stereocenters. The number of hydrogen-bond donors (Lipinski definition) is 2. The summed E-state index contributed by atoms with van der Waals surface area (Å²) < 4.78 is 0. The van der Waals surface area contributed by atoms with Crippen LogP contribution in [0.15, 0.2) is 12.4 Å². The summed E-state index contributed by atoms with van der Waals surface area (Å²) in [6.45, 7) is 5.53.